The van der Waals surface area contributed by atoms with Gasteiger partial charge < -0.3 is 5.32 Å². The Balaban J connectivity index is 1.81. The number of hydrogen-bond donors (Lipinski definition) is 1. The minimum atomic E-state index is -0.220. The number of rotatable bonds is 4. The van der Waals surface area contributed by atoms with Crippen LogP contribution < -0.4 is 5.32 Å². The Morgan fingerprint density at radius 2 is 1.80 bits per heavy atom. The number of amides is 1. The normalized spacial score (nSPS) is 11.0. The van der Waals surface area contributed by atoms with Gasteiger partial charge in [-0.25, -0.2) is 0 Å². The number of aromatic nitrogens is 2. The van der Waals surface area contributed by atoms with Crippen LogP contribution in [0.25, 0.3) is 17.2 Å². The van der Waals surface area contributed by atoms with E-state index in [9.17, 15) is 4.79 Å². The fraction of sp³-hybridized carbons (Fsp3) is 0.100. The molecule has 1 amide bonds. The number of carbonyl (C=O) groups is 1. The van der Waals surface area contributed by atoms with Crippen LogP contribution >= 0.6 is 11.6 Å². The summed E-state index contributed by atoms with van der Waals surface area (Å²) in [7, 11) is 1.77. The molecule has 0 saturated carbocycles. The maximum absolute atomic E-state index is 12.3. The highest BCUT2D eigenvalue weighted by Crippen LogP contribution is 2.27. The first kappa shape index (κ1) is 17.0. The maximum atomic E-state index is 12.3. The lowest BCUT2D eigenvalue weighted by molar-refractivity contribution is -0.111. The highest BCUT2D eigenvalue weighted by molar-refractivity contribution is 6.31. The first-order valence-corrected chi connectivity index (χ1v) is 8.26. The van der Waals surface area contributed by atoms with Crippen molar-refractivity contribution in [3.63, 3.8) is 0 Å². The summed E-state index contributed by atoms with van der Waals surface area (Å²) in [4.78, 5) is 12.3. The Labute approximate surface area is 151 Å². The van der Waals surface area contributed by atoms with Crippen molar-refractivity contribution in [2.45, 2.75) is 6.92 Å². The third-order valence-electron chi connectivity index (χ3n) is 3.87. The number of halogens is 1. The van der Waals surface area contributed by atoms with E-state index in [0.29, 0.717) is 5.15 Å². The van der Waals surface area contributed by atoms with Crippen LogP contribution in [0.1, 0.15) is 11.3 Å². The maximum Gasteiger partial charge on any atom is 0.248 e. The summed E-state index contributed by atoms with van der Waals surface area (Å²) in [6.45, 7) is 1.86. The van der Waals surface area contributed by atoms with E-state index in [1.807, 2.05) is 61.5 Å². The van der Waals surface area contributed by atoms with Gasteiger partial charge in [-0.15, -0.1) is 0 Å². The third kappa shape index (κ3) is 3.80. The van der Waals surface area contributed by atoms with Gasteiger partial charge in [0.15, 0.2) is 0 Å². The van der Waals surface area contributed by atoms with Crippen molar-refractivity contribution in [2.75, 3.05) is 5.32 Å². The van der Waals surface area contributed by atoms with E-state index < -0.39 is 0 Å². The fourth-order valence-corrected chi connectivity index (χ4v) is 2.87. The van der Waals surface area contributed by atoms with Gasteiger partial charge in [-0.2, -0.15) is 5.10 Å². The minimum absolute atomic E-state index is 0.220. The molecule has 1 aromatic heterocycles. The molecule has 0 fully saturated rings. The zero-order chi connectivity index (χ0) is 17.8. The van der Waals surface area contributed by atoms with Gasteiger partial charge in [-0.3, -0.25) is 9.48 Å². The number of anilines is 1. The molecule has 0 atom stereocenters. The Kier molecular flexibility index (Phi) is 5.00. The average Bonchev–Trinajstić information content (AvgIpc) is 2.86. The summed E-state index contributed by atoms with van der Waals surface area (Å²) in [5, 5.41) is 7.66. The van der Waals surface area contributed by atoms with Crippen LogP contribution in [0, 0.1) is 6.92 Å². The lowest BCUT2D eigenvalue weighted by Gasteiger charge is -2.10. The van der Waals surface area contributed by atoms with Crippen molar-refractivity contribution in [1.29, 1.82) is 0 Å². The standard InChI is InChI=1S/C20H18ClN3O/c1-14-16(20(21)24(2)23-14)12-13-19(25)22-18-11-7-6-10-17(18)15-8-4-3-5-9-15/h3-13H,1-2H3,(H,22,25)/b13-12+. The van der Waals surface area contributed by atoms with Crippen LogP contribution in [-0.4, -0.2) is 15.7 Å². The van der Waals surface area contributed by atoms with Crippen molar-refractivity contribution < 1.29 is 4.79 Å². The van der Waals surface area contributed by atoms with Crippen LogP contribution in [0.2, 0.25) is 5.15 Å². The molecule has 0 saturated heterocycles. The monoisotopic (exact) mass is 351 g/mol. The number of aryl methyl sites for hydroxylation is 2. The lowest BCUT2D eigenvalue weighted by Crippen LogP contribution is -2.08. The van der Waals surface area contributed by atoms with Gasteiger partial charge >= 0.3 is 0 Å². The van der Waals surface area contributed by atoms with Crippen molar-refractivity contribution >= 4 is 29.3 Å². The predicted molar refractivity (Wildman–Crippen MR) is 102 cm³/mol. The van der Waals surface area contributed by atoms with Crippen LogP contribution in [0.15, 0.2) is 60.7 Å². The van der Waals surface area contributed by atoms with Gasteiger partial charge in [0.05, 0.1) is 5.69 Å². The molecule has 0 aliphatic heterocycles. The van der Waals surface area contributed by atoms with Gasteiger partial charge in [0.2, 0.25) is 5.91 Å². The molecule has 25 heavy (non-hydrogen) atoms. The van der Waals surface area contributed by atoms with Crippen LogP contribution in [0.3, 0.4) is 0 Å². The van der Waals surface area contributed by atoms with E-state index in [1.165, 1.54) is 6.08 Å². The molecular formula is C20H18ClN3O. The van der Waals surface area contributed by atoms with E-state index in [4.69, 9.17) is 11.6 Å². The molecule has 5 heteroatoms. The van der Waals surface area contributed by atoms with Crippen molar-refractivity contribution in [2.24, 2.45) is 7.05 Å². The second-order valence-electron chi connectivity index (χ2n) is 5.65. The molecule has 4 nitrogen and oxygen atoms in total. The highest BCUT2D eigenvalue weighted by Gasteiger charge is 2.09. The number of carbonyl (C=O) groups excluding carboxylic acids is 1. The summed E-state index contributed by atoms with van der Waals surface area (Å²) in [5.74, 6) is -0.220. The summed E-state index contributed by atoms with van der Waals surface area (Å²) in [5.41, 5.74) is 4.31. The first-order valence-electron chi connectivity index (χ1n) is 7.89. The van der Waals surface area contributed by atoms with Crippen LogP contribution in [0.4, 0.5) is 5.69 Å². The smallest absolute Gasteiger partial charge is 0.248 e. The molecule has 0 aliphatic rings. The Morgan fingerprint density at radius 3 is 2.48 bits per heavy atom. The fourth-order valence-electron chi connectivity index (χ4n) is 2.63. The third-order valence-corrected chi connectivity index (χ3v) is 4.32. The van der Waals surface area contributed by atoms with E-state index >= 15 is 0 Å². The second kappa shape index (κ2) is 7.36. The van der Waals surface area contributed by atoms with Crippen LogP contribution in [0.5, 0.6) is 0 Å². The quantitative estimate of drug-likeness (QED) is 0.692. The molecule has 0 bridgehead atoms. The van der Waals surface area contributed by atoms with Crippen LogP contribution in [-0.2, 0) is 11.8 Å². The van der Waals surface area contributed by atoms with Gasteiger partial charge in [-0.1, -0.05) is 60.1 Å². The van der Waals surface area contributed by atoms with E-state index in [2.05, 4.69) is 10.4 Å². The molecule has 0 aliphatic carbocycles. The number of nitrogens with zero attached hydrogens (tertiary/aromatic N) is 2. The van der Waals surface area contributed by atoms with E-state index in [-0.39, 0.29) is 5.91 Å². The van der Waals surface area contributed by atoms with Gasteiger partial charge in [0.25, 0.3) is 0 Å². The summed E-state index contributed by atoms with van der Waals surface area (Å²) in [6.07, 6.45) is 3.16. The molecule has 1 heterocycles. The van der Waals surface area contributed by atoms with Crippen molar-refractivity contribution in [1.82, 2.24) is 9.78 Å². The Hall–Kier alpha value is -2.85. The second-order valence-corrected chi connectivity index (χ2v) is 6.01. The molecule has 3 rings (SSSR count). The number of benzene rings is 2. The molecule has 1 N–H and O–H groups in total. The zero-order valence-electron chi connectivity index (χ0n) is 14.0. The minimum Gasteiger partial charge on any atom is -0.322 e. The van der Waals surface area contributed by atoms with Gasteiger partial charge in [0, 0.05) is 29.9 Å². The van der Waals surface area contributed by atoms with E-state index in [1.54, 1.807) is 17.8 Å². The topological polar surface area (TPSA) is 46.9 Å². The molecule has 0 unspecified atom stereocenters. The molecule has 0 spiro atoms. The van der Waals surface area contributed by atoms with Gasteiger partial charge in [-0.05, 0) is 24.6 Å². The summed E-state index contributed by atoms with van der Waals surface area (Å²) < 4.78 is 1.58. The average molecular weight is 352 g/mol. The molecule has 3 aromatic rings. The molecule has 126 valence electrons. The number of hydrogen-bond acceptors (Lipinski definition) is 2. The molecular weight excluding hydrogens is 334 g/mol. The largest absolute Gasteiger partial charge is 0.322 e. The molecule has 2 aromatic carbocycles. The van der Waals surface area contributed by atoms with Crippen molar-refractivity contribution in [3.8, 4) is 11.1 Å². The Morgan fingerprint density at radius 1 is 1.12 bits per heavy atom. The Bertz CT molecular complexity index is 929. The molecule has 0 radical (unpaired) electrons. The lowest BCUT2D eigenvalue weighted by atomic mass is 10.0. The number of para-hydroxylation sites is 1. The number of nitrogens with one attached hydrogen (secondary N) is 1. The van der Waals surface area contributed by atoms with Crippen molar-refractivity contribution in [3.05, 3.63) is 77.1 Å². The SMILES string of the molecule is Cc1nn(C)c(Cl)c1/C=C/C(=O)Nc1ccccc1-c1ccccc1. The highest BCUT2D eigenvalue weighted by atomic mass is 35.5. The first-order chi connectivity index (χ1) is 12.1. The predicted octanol–water partition coefficient (Wildman–Crippen LogP) is 4.70. The summed E-state index contributed by atoms with van der Waals surface area (Å²) in [6, 6.07) is 17.7. The summed E-state index contributed by atoms with van der Waals surface area (Å²) >= 11 is 6.18. The van der Waals surface area contributed by atoms with E-state index in [0.717, 1.165) is 28.1 Å². The zero-order valence-corrected chi connectivity index (χ0v) is 14.8. The van der Waals surface area contributed by atoms with Gasteiger partial charge in [0.1, 0.15) is 5.15 Å².